The quantitative estimate of drug-likeness (QED) is 0.0462. The van der Waals surface area contributed by atoms with Gasteiger partial charge in [0.1, 0.15) is 24.2 Å². The zero-order chi connectivity index (χ0) is 45.8. The normalized spacial score (nSPS) is 36.9. The van der Waals surface area contributed by atoms with E-state index in [1.54, 1.807) is 60.5 Å². The SMILES string of the molecule is CCCCCNC(=O)O/N=C1\[C@H](C)C[C@](C)(OC)[C@H](O[C@@H]2O[C@H](C)[C@@H](OC(=O)NCCCCC)[C@H](N(C)C)[C@H]2O)[C@@H](C)C(=O)[C@@H](C)C(=O)O[C@H](CC)[C@@]2(C)OC(=O)O[C@@H]2[C@H]1C. The predicted octanol–water partition coefficient (Wildman–Crippen LogP) is 5.50. The Labute approximate surface area is 361 Å². The number of nitrogens with one attached hydrogen (secondary N) is 2. The number of aliphatic hydroxyl groups excluding tert-OH is 1. The molecule has 3 fully saturated rings. The van der Waals surface area contributed by atoms with Gasteiger partial charge < -0.3 is 53.8 Å². The van der Waals surface area contributed by atoms with Crippen molar-refractivity contribution in [2.24, 2.45) is 28.8 Å². The number of amides is 2. The molecule has 18 nitrogen and oxygen atoms in total. The molecule has 0 aliphatic carbocycles. The third kappa shape index (κ3) is 12.8. The van der Waals surface area contributed by atoms with Gasteiger partial charge in [-0.05, 0) is 67.5 Å². The summed E-state index contributed by atoms with van der Waals surface area (Å²) in [4.78, 5) is 74.1. The maximum absolute atomic E-state index is 14.4. The second kappa shape index (κ2) is 23.2. The highest BCUT2D eigenvalue weighted by atomic mass is 16.8. The van der Waals surface area contributed by atoms with E-state index in [-0.39, 0.29) is 18.6 Å². The van der Waals surface area contributed by atoms with Crippen molar-refractivity contribution in [1.29, 1.82) is 0 Å². The Morgan fingerprint density at radius 2 is 1.51 bits per heavy atom. The van der Waals surface area contributed by atoms with Crippen LogP contribution in [0.5, 0.6) is 0 Å². The highest BCUT2D eigenvalue weighted by Gasteiger charge is 2.59. The second-order valence-corrected chi connectivity index (χ2v) is 17.5. The molecule has 0 spiro atoms. The van der Waals surface area contributed by atoms with E-state index >= 15 is 0 Å². The molecule has 3 heterocycles. The summed E-state index contributed by atoms with van der Waals surface area (Å²) in [5.74, 6) is -5.19. The number of methoxy groups -OCH3 is 1. The lowest BCUT2D eigenvalue weighted by atomic mass is 9.74. The molecule has 350 valence electrons. The number of unbranched alkanes of at least 4 members (excludes halogenated alkanes) is 4. The molecule has 14 atom stereocenters. The Morgan fingerprint density at radius 1 is 0.902 bits per heavy atom. The van der Waals surface area contributed by atoms with Gasteiger partial charge in [-0.2, -0.15) is 0 Å². The fourth-order valence-corrected chi connectivity index (χ4v) is 8.88. The third-order valence-corrected chi connectivity index (χ3v) is 12.5. The van der Waals surface area contributed by atoms with Crippen molar-refractivity contribution in [1.82, 2.24) is 15.5 Å². The number of Topliss-reactive ketones (excluding diaryl/α,β-unsaturated/α-hetero) is 1. The highest BCUT2D eigenvalue weighted by molar-refractivity contribution is 6.00. The number of ketones is 1. The van der Waals surface area contributed by atoms with Gasteiger partial charge in [-0.25, -0.2) is 14.4 Å². The van der Waals surface area contributed by atoms with E-state index in [9.17, 15) is 29.1 Å². The first-order valence-corrected chi connectivity index (χ1v) is 22.0. The van der Waals surface area contributed by atoms with Crippen LogP contribution in [-0.2, 0) is 47.6 Å². The summed E-state index contributed by atoms with van der Waals surface area (Å²) in [5.41, 5.74) is -2.63. The summed E-state index contributed by atoms with van der Waals surface area (Å²) in [7, 11) is 4.91. The number of hydrogen-bond acceptors (Lipinski definition) is 16. The molecule has 18 heteroatoms. The zero-order valence-electron chi connectivity index (χ0n) is 38.6. The number of likely N-dealkylation sites (N-methyl/N-ethyl adjacent to an activating group) is 1. The summed E-state index contributed by atoms with van der Waals surface area (Å²) in [6.45, 7) is 18.3. The molecule has 0 bridgehead atoms. The number of aliphatic hydroxyl groups is 1. The van der Waals surface area contributed by atoms with Gasteiger partial charge in [0.25, 0.3) is 0 Å². The Hall–Kier alpha value is -3.58. The molecule has 3 rings (SSSR count). The number of ether oxygens (including phenoxy) is 7. The van der Waals surface area contributed by atoms with Crippen molar-refractivity contribution in [2.75, 3.05) is 34.3 Å². The van der Waals surface area contributed by atoms with Crippen molar-refractivity contribution in [3.05, 3.63) is 0 Å². The van der Waals surface area contributed by atoms with Crippen molar-refractivity contribution < 1.29 is 67.1 Å². The van der Waals surface area contributed by atoms with Crippen molar-refractivity contribution in [2.45, 2.75) is 181 Å². The van der Waals surface area contributed by atoms with Gasteiger partial charge in [-0.3, -0.25) is 14.4 Å². The monoisotopic (exact) mass is 871 g/mol. The summed E-state index contributed by atoms with van der Waals surface area (Å²) in [6, 6.07) is -0.803. The third-order valence-electron chi connectivity index (χ3n) is 12.5. The van der Waals surface area contributed by atoms with Crippen LogP contribution in [0.1, 0.15) is 121 Å². The summed E-state index contributed by atoms with van der Waals surface area (Å²) >= 11 is 0. The van der Waals surface area contributed by atoms with Crippen LogP contribution < -0.4 is 10.6 Å². The standard InChI is InChI=1S/C43H74N4O14/c1-14-17-19-21-44-39(51)57-34-28(8)55-38(33(49)31(34)47(11)12)58-35-26(6)32(48)27(7)37(50)56-29(16-3)43(10)36(59-41(53)60-43)25(5)30(24(4)23-42(35,9)54-13)46-61-40(52)45-22-20-18-15-2/h24-29,31,33-36,38,49H,14-23H2,1-13H3,(H,44,51)(H,45,52)/b46-30+/t24-,25+,26+,27-,28-,29-,31-,33-,34-,35-,36-,38+,42+,43-/m1/s1. The fraction of sp³-hybridized carbons (Fsp3) is 0.860. The number of cyclic esters (lactones) is 1. The van der Waals surface area contributed by atoms with Crippen LogP contribution in [0, 0.1) is 23.7 Å². The maximum Gasteiger partial charge on any atom is 0.509 e. The topological polar surface area (TPSA) is 219 Å². The van der Waals surface area contributed by atoms with Crippen molar-refractivity contribution in [3.63, 3.8) is 0 Å². The van der Waals surface area contributed by atoms with Gasteiger partial charge in [-0.15, -0.1) is 0 Å². The van der Waals surface area contributed by atoms with Crippen molar-refractivity contribution in [3.8, 4) is 0 Å². The Morgan fingerprint density at radius 3 is 2.07 bits per heavy atom. The number of esters is 1. The first-order valence-electron chi connectivity index (χ1n) is 22.0. The molecule has 61 heavy (non-hydrogen) atoms. The van der Waals surface area contributed by atoms with E-state index in [1.807, 2.05) is 13.8 Å². The number of fused-ring (bicyclic) bond motifs is 1. The van der Waals surface area contributed by atoms with Gasteiger partial charge in [0.2, 0.25) is 0 Å². The molecule has 3 saturated heterocycles. The minimum absolute atomic E-state index is 0.0735. The molecule has 0 radical (unpaired) electrons. The lowest BCUT2D eigenvalue weighted by molar-refractivity contribution is -0.312. The number of carbonyl (C=O) groups is 5. The number of hydrogen-bond donors (Lipinski definition) is 3. The number of nitrogens with zero attached hydrogens (tertiary/aromatic N) is 2. The Bertz CT molecular complexity index is 1510. The number of oxime groups is 1. The molecule has 2 amide bonds. The van der Waals surface area contributed by atoms with Crippen LogP contribution in [-0.4, -0.2) is 140 Å². The van der Waals surface area contributed by atoms with Gasteiger partial charge in [0, 0.05) is 38.0 Å². The molecule has 0 aromatic heterocycles. The zero-order valence-corrected chi connectivity index (χ0v) is 38.6. The molecule has 3 aliphatic heterocycles. The average molecular weight is 871 g/mol. The van der Waals surface area contributed by atoms with E-state index in [1.165, 1.54) is 14.0 Å². The van der Waals surface area contributed by atoms with Crippen LogP contribution in [0.15, 0.2) is 5.16 Å². The number of rotatable bonds is 15. The molecule has 0 unspecified atom stereocenters. The van der Waals surface area contributed by atoms with E-state index in [0.29, 0.717) is 13.1 Å². The number of alkyl carbamates (subject to hydrolysis) is 1. The maximum atomic E-state index is 14.4. The number of carbonyl (C=O) groups excluding carboxylic acids is 5. The molecule has 0 aromatic carbocycles. The highest BCUT2D eigenvalue weighted by Crippen LogP contribution is 2.42. The fourth-order valence-electron chi connectivity index (χ4n) is 8.88. The smallest absolute Gasteiger partial charge is 0.457 e. The van der Waals surface area contributed by atoms with Crippen LogP contribution in [0.2, 0.25) is 0 Å². The lowest BCUT2D eigenvalue weighted by Crippen LogP contribution is -2.65. The Kier molecular flexibility index (Phi) is 19.7. The predicted molar refractivity (Wildman–Crippen MR) is 224 cm³/mol. The van der Waals surface area contributed by atoms with Crippen molar-refractivity contribution >= 4 is 35.8 Å². The molecule has 0 saturated carbocycles. The first-order chi connectivity index (χ1) is 28.7. The van der Waals surface area contributed by atoms with Gasteiger partial charge in [0.05, 0.1) is 29.6 Å². The average Bonchev–Trinajstić information content (AvgIpc) is 3.53. The van der Waals surface area contributed by atoms with Gasteiger partial charge >= 0.3 is 24.3 Å². The first kappa shape index (κ1) is 51.8. The lowest BCUT2D eigenvalue weighted by Gasteiger charge is -2.49. The van der Waals surface area contributed by atoms with E-state index in [0.717, 1.165) is 38.5 Å². The minimum atomic E-state index is -1.52. The molecule has 3 N–H and O–H groups in total. The molecular formula is C43H74N4O14. The Balaban J connectivity index is 2.11. The van der Waals surface area contributed by atoms with Crippen LogP contribution in [0.25, 0.3) is 0 Å². The summed E-state index contributed by atoms with van der Waals surface area (Å²) in [5, 5.41) is 21.8. The second-order valence-electron chi connectivity index (χ2n) is 17.5. The van der Waals surface area contributed by atoms with E-state index < -0.39 is 114 Å². The van der Waals surface area contributed by atoms with E-state index in [4.69, 9.17) is 38.0 Å². The molecule has 3 aliphatic rings. The van der Waals surface area contributed by atoms with Crippen LogP contribution in [0.4, 0.5) is 14.4 Å². The summed E-state index contributed by atoms with van der Waals surface area (Å²) in [6.07, 6.45) is -4.56. The van der Waals surface area contributed by atoms with E-state index in [2.05, 4.69) is 22.7 Å². The van der Waals surface area contributed by atoms with Crippen LogP contribution >= 0.6 is 0 Å². The van der Waals surface area contributed by atoms with Crippen LogP contribution in [0.3, 0.4) is 0 Å². The minimum Gasteiger partial charge on any atom is -0.457 e. The largest absolute Gasteiger partial charge is 0.509 e. The van der Waals surface area contributed by atoms with Gasteiger partial charge in [-0.1, -0.05) is 72.4 Å². The summed E-state index contributed by atoms with van der Waals surface area (Å²) < 4.78 is 42.6. The molecular weight excluding hydrogens is 796 g/mol. The molecule has 0 aromatic rings. The van der Waals surface area contributed by atoms with Gasteiger partial charge in [0.15, 0.2) is 23.8 Å².